The Morgan fingerprint density at radius 1 is 1.39 bits per heavy atom. The molecule has 94 valence electrons. The lowest BCUT2D eigenvalue weighted by molar-refractivity contribution is 0.0950. The zero-order valence-electron chi connectivity index (χ0n) is 9.63. The van der Waals surface area contributed by atoms with Gasteiger partial charge in [-0.2, -0.15) is 5.10 Å². The molecule has 1 amide bonds. The van der Waals surface area contributed by atoms with Gasteiger partial charge in [-0.05, 0) is 25.1 Å². The number of aromatic amines is 1. The minimum atomic E-state index is -1.04. The summed E-state index contributed by atoms with van der Waals surface area (Å²) < 4.78 is 25.7. The molecule has 0 saturated carbocycles. The van der Waals surface area contributed by atoms with Crippen LogP contribution < -0.4 is 5.32 Å². The monoisotopic (exact) mass is 251 g/mol. The summed E-state index contributed by atoms with van der Waals surface area (Å²) in [4.78, 5) is 11.7. The maximum Gasteiger partial charge on any atom is 0.251 e. The zero-order valence-corrected chi connectivity index (χ0v) is 9.63. The van der Waals surface area contributed by atoms with E-state index in [0.29, 0.717) is 0 Å². The highest BCUT2D eigenvalue weighted by atomic mass is 19.2. The number of nitrogens with one attached hydrogen (secondary N) is 2. The third kappa shape index (κ3) is 2.53. The van der Waals surface area contributed by atoms with Crippen LogP contribution in [0.2, 0.25) is 0 Å². The Kier molecular flexibility index (Phi) is 3.36. The Morgan fingerprint density at radius 3 is 2.78 bits per heavy atom. The van der Waals surface area contributed by atoms with E-state index in [1.807, 2.05) is 6.92 Å². The van der Waals surface area contributed by atoms with Crippen LogP contribution >= 0.6 is 0 Å². The van der Waals surface area contributed by atoms with E-state index in [2.05, 4.69) is 15.5 Å². The molecule has 1 heterocycles. The summed E-state index contributed by atoms with van der Waals surface area (Å²) in [5, 5.41) is 9.15. The van der Waals surface area contributed by atoms with Crippen molar-refractivity contribution in [3.05, 3.63) is 52.9 Å². The molecule has 0 aliphatic heterocycles. The summed E-state index contributed by atoms with van der Waals surface area (Å²) in [6, 6.07) is 3.02. The summed E-state index contributed by atoms with van der Waals surface area (Å²) in [7, 11) is 0. The number of hydrogen-bond acceptors (Lipinski definition) is 2. The van der Waals surface area contributed by atoms with Gasteiger partial charge in [-0.1, -0.05) is 0 Å². The van der Waals surface area contributed by atoms with Gasteiger partial charge in [0.2, 0.25) is 0 Å². The molecule has 0 fully saturated rings. The molecule has 6 heteroatoms. The maximum absolute atomic E-state index is 12.9. The average Bonchev–Trinajstić information content (AvgIpc) is 2.75. The predicted octanol–water partition coefficient (Wildman–Crippen LogP) is 1.93. The van der Waals surface area contributed by atoms with Crippen molar-refractivity contribution < 1.29 is 13.6 Å². The van der Waals surface area contributed by atoms with Crippen LogP contribution in [0.5, 0.6) is 0 Å². The average molecular weight is 251 g/mol. The molecule has 0 aliphatic carbocycles. The first-order chi connectivity index (χ1) is 8.58. The van der Waals surface area contributed by atoms with Crippen molar-refractivity contribution in [1.82, 2.24) is 15.5 Å². The minimum absolute atomic E-state index is 0.0787. The van der Waals surface area contributed by atoms with Crippen molar-refractivity contribution in [2.24, 2.45) is 0 Å². The van der Waals surface area contributed by atoms with Gasteiger partial charge >= 0.3 is 0 Å². The smallest absolute Gasteiger partial charge is 0.251 e. The number of amides is 1. The molecule has 0 saturated heterocycles. The number of carbonyl (C=O) groups excluding carboxylic acids is 1. The number of H-pyrrole nitrogens is 1. The van der Waals surface area contributed by atoms with Crippen molar-refractivity contribution in [3.63, 3.8) is 0 Å². The van der Waals surface area contributed by atoms with Crippen LogP contribution in [-0.2, 0) is 6.54 Å². The van der Waals surface area contributed by atoms with Crippen molar-refractivity contribution in [3.8, 4) is 0 Å². The summed E-state index contributed by atoms with van der Waals surface area (Å²) in [5.41, 5.74) is 1.77. The lowest BCUT2D eigenvalue weighted by atomic mass is 10.2. The fourth-order valence-corrected chi connectivity index (χ4v) is 1.47. The van der Waals surface area contributed by atoms with Gasteiger partial charge in [0.25, 0.3) is 5.91 Å². The second kappa shape index (κ2) is 4.95. The van der Waals surface area contributed by atoms with Gasteiger partial charge in [-0.15, -0.1) is 0 Å². The number of aromatic nitrogens is 2. The topological polar surface area (TPSA) is 57.8 Å². The standard InChI is InChI=1S/C12H11F2N3O/c1-7-9(6-16-17-7)5-15-12(18)8-2-3-10(13)11(14)4-8/h2-4,6H,5H2,1H3,(H,15,18)(H,16,17). The molecule has 2 aromatic rings. The molecule has 0 bridgehead atoms. The van der Waals surface area contributed by atoms with E-state index in [-0.39, 0.29) is 12.1 Å². The zero-order chi connectivity index (χ0) is 13.1. The van der Waals surface area contributed by atoms with Crippen LogP contribution in [0.25, 0.3) is 0 Å². The van der Waals surface area contributed by atoms with Gasteiger partial charge in [0.1, 0.15) is 0 Å². The van der Waals surface area contributed by atoms with Crippen LogP contribution in [0.3, 0.4) is 0 Å². The summed E-state index contributed by atoms with van der Waals surface area (Å²) in [6.07, 6.45) is 1.60. The maximum atomic E-state index is 12.9. The molecular formula is C12H11F2N3O. The number of hydrogen-bond donors (Lipinski definition) is 2. The lowest BCUT2D eigenvalue weighted by Gasteiger charge is -2.04. The lowest BCUT2D eigenvalue weighted by Crippen LogP contribution is -2.23. The minimum Gasteiger partial charge on any atom is -0.348 e. The first-order valence-corrected chi connectivity index (χ1v) is 5.30. The third-order valence-corrected chi connectivity index (χ3v) is 2.56. The van der Waals surface area contributed by atoms with E-state index in [4.69, 9.17) is 0 Å². The van der Waals surface area contributed by atoms with Crippen molar-refractivity contribution in [1.29, 1.82) is 0 Å². The predicted molar refractivity (Wildman–Crippen MR) is 60.9 cm³/mol. The van der Waals surface area contributed by atoms with E-state index in [1.165, 1.54) is 6.07 Å². The normalized spacial score (nSPS) is 10.4. The quantitative estimate of drug-likeness (QED) is 0.875. The van der Waals surface area contributed by atoms with E-state index >= 15 is 0 Å². The molecule has 2 N–H and O–H groups in total. The molecular weight excluding hydrogens is 240 g/mol. The third-order valence-electron chi connectivity index (χ3n) is 2.56. The van der Waals surface area contributed by atoms with E-state index in [0.717, 1.165) is 23.4 Å². The fourth-order valence-electron chi connectivity index (χ4n) is 1.47. The number of nitrogens with zero attached hydrogens (tertiary/aromatic N) is 1. The van der Waals surface area contributed by atoms with Crippen molar-refractivity contribution in [2.75, 3.05) is 0 Å². The van der Waals surface area contributed by atoms with Crippen LogP contribution in [0, 0.1) is 18.6 Å². The molecule has 0 spiro atoms. The Bertz CT molecular complexity index is 580. The Labute approximate surface area is 102 Å². The number of carbonyl (C=O) groups is 1. The highest BCUT2D eigenvalue weighted by Gasteiger charge is 2.10. The number of halogens is 2. The molecule has 18 heavy (non-hydrogen) atoms. The van der Waals surface area contributed by atoms with Gasteiger partial charge in [-0.3, -0.25) is 9.89 Å². The molecule has 2 rings (SSSR count). The SMILES string of the molecule is Cc1[nH]ncc1CNC(=O)c1ccc(F)c(F)c1. The largest absolute Gasteiger partial charge is 0.348 e. The number of aryl methyl sites for hydroxylation is 1. The number of rotatable bonds is 3. The second-order valence-corrected chi connectivity index (χ2v) is 3.83. The van der Waals surface area contributed by atoms with Crippen LogP contribution in [0.4, 0.5) is 8.78 Å². The molecule has 1 aromatic heterocycles. The summed E-state index contributed by atoms with van der Waals surface area (Å²) >= 11 is 0. The number of benzene rings is 1. The van der Waals surface area contributed by atoms with E-state index < -0.39 is 17.5 Å². The Morgan fingerprint density at radius 2 is 2.17 bits per heavy atom. The van der Waals surface area contributed by atoms with Crippen molar-refractivity contribution in [2.45, 2.75) is 13.5 Å². The van der Waals surface area contributed by atoms with Gasteiger partial charge in [0, 0.05) is 23.4 Å². The fraction of sp³-hybridized carbons (Fsp3) is 0.167. The first-order valence-electron chi connectivity index (χ1n) is 5.30. The highest BCUT2D eigenvalue weighted by Crippen LogP contribution is 2.09. The molecule has 1 aromatic carbocycles. The van der Waals surface area contributed by atoms with Crippen LogP contribution in [0.15, 0.2) is 24.4 Å². The Balaban J connectivity index is 2.04. The summed E-state index contributed by atoms with van der Waals surface area (Å²) in [5.74, 6) is -2.48. The van der Waals surface area contributed by atoms with E-state index in [9.17, 15) is 13.6 Å². The van der Waals surface area contributed by atoms with Gasteiger partial charge < -0.3 is 5.32 Å². The van der Waals surface area contributed by atoms with E-state index in [1.54, 1.807) is 6.20 Å². The molecule has 0 aliphatic rings. The van der Waals surface area contributed by atoms with Gasteiger partial charge in [0.15, 0.2) is 11.6 Å². The van der Waals surface area contributed by atoms with Crippen LogP contribution in [0.1, 0.15) is 21.6 Å². The Hall–Kier alpha value is -2.24. The van der Waals surface area contributed by atoms with Crippen molar-refractivity contribution >= 4 is 5.91 Å². The van der Waals surface area contributed by atoms with Gasteiger partial charge in [0.05, 0.1) is 6.20 Å². The molecule has 0 atom stereocenters. The summed E-state index contributed by atoms with van der Waals surface area (Å²) in [6.45, 7) is 2.10. The first kappa shape index (κ1) is 12.2. The second-order valence-electron chi connectivity index (χ2n) is 3.83. The molecule has 4 nitrogen and oxygen atoms in total. The molecule has 0 radical (unpaired) electrons. The van der Waals surface area contributed by atoms with Crippen LogP contribution in [-0.4, -0.2) is 16.1 Å². The van der Waals surface area contributed by atoms with Gasteiger partial charge in [-0.25, -0.2) is 8.78 Å². The highest BCUT2D eigenvalue weighted by molar-refractivity contribution is 5.94. The molecule has 0 unspecified atom stereocenters.